The molecule has 0 saturated carbocycles. The largest absolute Gasteiger partial charge is 0.478 e. The van der Waals surface area contributed by atoms with Gasteiger partial charge in [0, 0.05) is 37.8 Å². The second kappa shape index (κ2) is 6.69. The summed E-state index contributed by atoms with van der Waals surface area (Å²) < 4.78 is 0. The lowest BCUT2D eigenvalue weighted by Gasteiger charge is -2.37. The van der Waals surface area contributed by atoms with Crippen LogP contribution in [0.5, 0.6) is 0 Å². The molecule has 0 bridgehead atoms. The van der Waals surface area contributed by atoms with Gasteiger partial charge in [-0.05, 0) is 32.3 Å². The van der Waals surface area contributed by atoms with Crippen LogP contribution in [0, 0.1) is 0 Å². The fourth-order valence-electron chi connectivity index (χ4n) is 2.43. The number of hydrogen-bond acceptors (Lipinski definition) is 4. The van der Waals surface area contributed by atoms with E-state index in [0.29, 0.717) is 12.1 Å². The monoisotopic (exact) mass is 291 g/mol. The number of rotatable bonds is 4. The van der Waals surface area contributed by atoms with E-state index in [4.69, 9.17) is 5.11 Å². The summed E-state index contributed by atoms with van der Waals surface area (Å²) >= 11 is 0. The molecule has 1 heterocycles. The predicted molar refractivity (Wildman–Crippen MR) is 79.6 cm³/mol. The van der Waals surface area contributed by atoms with Crippen LogP contribution in [-0.4, -0.2) is 73.1 Å². The van der Waals surface area contributed by atoms with Gasteiger partial charge in [0.15, 0.2) is 0 Å². The van der Waals surface area contributed by atoms with Gasteiger partial charge in [0.25, 0.3) is 5.91 Å². The van der Waals surface area contributed by atoms with Crippen LogP contribution in [0.15, 0.2) is 24.3 Å². The molecule has 1 amide bonds. The number of carboxylic acids is 1. The van der Waals surface area contributed by atoms with Crippen molar-refractivity contribution in [1.29, 1.82) is 0 Å². The molecular formula is C15H21N3O3. The van der Waals surface area contributed by atoms with Crippen molar-refractivity contribution in [2.24, 2.45) is 0 Å². The van der Waals surface area contributed by atoms with Crippen molar-refractivity contribution in [3.05, 3.63) is 35.4 Å². The molecule has 1 unspecified atom stereocenters. The third-order valence-electron chi connectivity index (χ3n) is 3.85. The molecule has 1 aliphatic heterocycles. The second-order valence-corrected chi connectivity index (χ2v) is 5.49. The minimum atomic E-state index is -1.03. The average molecular weight is 291 g/mol. The Bertz CT molecular complexity index is 533. The molecule has 1 saturated heterocycles. The smallest absolute Gasteiger partial charge is 0.335 e. The van der Waals surface area contributed by atoms with Crippen LogP contribution >= 0.6 is 0 Å². The number of nitrogens with one attached hydrogen (secondary N) is 1. The Labute approximate surface area is 124 Å². The highest BCUT2D eigenvalue weighted by Crippen LogP contribution is 2.07. The average Bonchev–Trinajstić information content (AvgIpc) is 2.48. The summed E-state index contributed by atoms with van der Waals surface area (Å²) in [6, 6.07) is 6.35. The number of piperazine rings is 1. The van der Waals surface area contributed by atoms with Crippen molar-refractivity contribution in [3.8, 4) is 0 Å². The summed E-state index contributed by atoms with van der Waals surface area (Å²) in [5.41, 5.74) is 0.499. The number of amides is 1. The molecular weight excluding hydrogens is 270 g/mol. The van der Waals surface area contributed by atoms with Crippen LogP contribution in [0.4, 0.5) is 0 Å². The number of likely N-dealkylation sites (N-methyl/N-ethyl adjacent to an activating group) is 2. The molecule has 114 valence electrons. The Kier molecular flexibility index (Phi) is 4.93. The van der Waals surface area contributed by atoms with Crippen LogP contribution in [0.1, 0.15) is 20.7 Å². The van der Waals surface area contributed by atoms with Crippen LogP contribution in [0.2, 0.25) is 0 Å². The van der Waals surface area contributed by atoms with Crippen LogP contribution in [0.3, 0.4) is 0 Å². The molecule has 1 atom stereocenters. The molecule has 0 aliphatic carbocycles. The zero-order valence-corrected chi connectivity index (χ0v) is 12.4. The number of hydrogen-bond donors (Lipinski definition) is 2. The van der Waals surface area contributed by atoms with E-state index in [1.165, 1.54) is 12.1 Å². The van der Waals surface area contributed by atoms with Gasteiger partial charge >= 0.3 is 5.97 Å². The fourth-order valence-corrected chi connectivity index (χ4v) is 2.43. The highest BCUT2D eigenvalue weighted by Gasteiger charge is 2.22. The third-order valence-corrected chi connectivity index (χ3v) is 3.85. The highest BCUT2D eigenvalue weighted by molar-refractivity contribution is 5.97. The Morgan fingerprint density at radius 2 is 2.00 bits per heavy atom. The van der Waals surface area contributed by atoms with Gasteiger partial charge in [0.2, 0.25) is 0 Å². The molecule has 1 fully saturated rings. The highest BCUT2D eigenvalue weighted by atomic mass is 16.4. The molecule has 0 spiro atoms. The van der Waals surface area contributed by atoms with Gasteiger partial charge in [-0.15, -0.1) is 0 Å². The molecule has 6 nitrogen and oxygen atoms in total. The molecule has 21 heavy (non-hydrogen) atoms. The van der Waals surface area contributed by atoms with Gasteiger partial charge in [-0.2, -0.15) is 0 Å². The fraction of sp³-hybridized carbons (Fsp3) is 0.467. The van der Waals surface area contributed by atoms with Crippen molar-refractivity contribution in [2.75, 3.05) is 40.3 Å². The first kappa shape index (κ1) is 15.5. The number of nitrogens with zero attached hydrogens (tertiary/aromatic N) is 2. The van der Waals surface area contributed by atoms with E-state index in [1.807, 2.05) is 0 Å². The molecule has 1 aliphatic rings. The maximum absolute atomic E-state index is 12.1. The van der Waals surface area contributed by atoms with Crippen LogP contribution < -0.4 is 5.32 Å². The van der Waals surface area contributed by atoms with E-state index in [1.54, 1.807) is 12.1 Å². The SMILES string of the molecule is CN1CCN(C)C(CNC(=O)c2cccc(C(=O)O)c2)C1. The summed E-state index contributed by atoms with van der Waals surface area (Å²) in [6.45, 7) is 3.47. The van der Waals surface area contributed by atoms with Gasteiger partial charge in [-0.3, -0.25) is 9.69 Å². The summed E-state index contributed by atoms with van der Waals surface area (Å²) in [5.74, 6) is -1.27. The van der Waals surface area contributed by atoms with E-state index >= 15 is 0 Å². The molecule has 6 heteroatoms. The number of carbonyl (C=O) groups excluding carboxylic acids is 1. The first-order valence-corrected chi connectivity index (χ1v) is 6.97. The zero-order valence-electron chi connectivity index (χ0n) is 12.4. The topological polar surface area (TPSA) is 72.9 Å². The first-order valence-electron chi connectivity index (χ1n) is 6.97. The van der Waals surface area contributed by atoms with Crippen molar-refractivity contribution in [1.82, 2.24) is 15.1 Å². The first-order chi connectivity index (χ1) is 9.97. The van der Waals surface area contributed by atoms with Gasteiger partial charge < -0.3 is 15.3 Å². The van der Waals surface area contributed by atoms with E-state index in [-0.39, 0.29) is 17.5 Å². The van der Waals surface area contributed by atoms with Gasteiger partial charge in [0.1, 0.15) is 0 Å². The van der Waals surface area contributed by atoms with Crippen molar-refractivity contribution in [2.45, 2.75) is 6.04 Å². The van der Waals surface area contributed by atoms with E-state index < -0.39 is 5.97 Å². The quantitative estimate of drug-likeness (QED) is 0.838. The standard InChI is InChI=1S/C15H21N3O3/c1-17-6-7-18(2)13(10-17)9-16-14(19)11-4-3-5-12(8-11)15(20)21/h3-5,8,13H,6-7,9-10H2,1-2H3,(H,16,19)(H,20,21). The normalized spacial score (nSPS) is 20.2. The van der Waals surface area contributed by atoms with E-state index in [0.717, 1.165) is 19.6 Å². The maximum Gasteiger partial charge on any atom is 0.335 e. The predicted octanol–water partition coefficient (Wildman–Crippen LogP) is 0.360. The summed E-state index contributed by atoms with van der Waals surface area (Å²) in [6.07, 6.45) is 0. The Morgan fingerprint density at radius 3 is 2.71 bits per heavy atom. The summed E-state index contributed by atoms with van der Waals surface area (Å²) in [4.78, 5) is 27.5. The lowest BCUT2D eigenvalue weighted by Crippen LogP contribution is -2.54. The molecule has 0 aromatic heterocycles. The number of aromatic carboxylic acids is 1. The second-order valence-electron chi connectivity index (χ2n) is 5.49. The molecule has 1 aromatic rings. The Hall–Kier alpha value is -1.92. The molecule has 2 N–H and O–H groups in total. The lowest BCUT2D eigenvalue weighted by atomic mass is 10.1. The number of carboxylic acid groups (broad SMARTS) is 1. The summed E-state index contributed by atoms with van der Waals surface area (Å²) in [5, 5.41) is 11.8. The van der Waals surface area contributed by atoms with Crippen molar-refractivity contribution >= 4 is 11.9 Å². The minimum Gasteiger partial charge on any atom is -0.478 e. The third kappa shape index (κ3) is 4.03. The van der Waals surface area contributed by atoms with Crippen molar-refractivity contribution < 1.29 is 14.7 Å². The van der Waals surface area contributed by atoms with Gasteiger partial charge in [-0.25, -0.2) is 4.79 Å². The Balaban J connectivity index is 1.95. The Morgan fingerprint density at radius 1 is 1.29 bits per heavy atom. The number of carbonyl (C=O) groups is 2. The zero-order chi connectivity index (χ0) is 15.4. The summed E-state index contributed by atoms with van der Waals surface area (Å²) in [7, 11) is 4.12. The minimum absolute atomic E-state index is 0.122. The molecule has 2 rings (SSSR count). The molecule has 1 aromatic carbocycles. The van der Waals surface area contributed by atoms with Crippen LogP contribution in [-0.2, 0) is 0 Å². The number of benzene rings is 1. The van der Waals surface area contributed by atoms with E-state index in [9.17, 15) is 9.59 Å². The van der Waals surface area contributed by atoms with Gasteiger partial charge in [-0.1, -0.05) is 6.07 Å². The maximum atomic E-state index is 12.1. The van der Waals surface area contributed by atoms with Crippen LogP contribution in [0.25, 0.3) is 0 Å². The lowest BCUT2D eigenvalue weighted by molar-refractivity contribution is 0.0697. The van der Waals surface area contributed by atoms with E-state index in [2.05, 4.69) is 29.2 Å². The van der Waals surface area contributed by atoms with Gasteiger partial charge in [0.05, 0.1) is 5.56 Å². The molecule has 0 radical (unpaired) electrons. The van der Waals surface area contributed by atoms with Crippen molar-refractivity contribution in [3.63, 3.8) is 0 Å².